The van der Waals surface area contributed by atoms with Gasteiger partial charge in [-0.3, -0.25) is 14.0 Å². The first-order valence-corrected chi connectivity index (χ1v) is 14.4. The summed E-state index contributed by atoms with van der Waals surface area (Å²) in [6.07, 6.45) is 1.20. The summed E-state index contributed by atoms with van der Waals surface area (Å²) in [4.78, 5) is 15.3. The number of ether oxygens (including phenoxy) is 1. The van der Waals surface area contributed by atoms with E-state index < -0.39 is 10.0 Å². The third-order valence-electron chi connectivity index (χ3n) is 7.31. The number of hydrogen-bond acceptors (Lipinski definition) is 6. The molecular formula is C29H30FN3O5S. The van der Waals surface area contributed by atoms with Crippen LogP contribution < -0.4 is 14.4 Å². The van der Waals surface area contributed by atoms with Crippen molar-refractivity contribution in [2.45, 2.75) is 25.9 Å². The molecule has 8 nitrogen and oxygen atoms in total. The highest BCUT2D eigenvalue weighted by Gasteiger charge is 2.34. The summed E-state index contributed by atoms with van der Waals surface area (Å²) in [6.45, 7) is 4.30. The van der Waals surface area contributed by atoms with E-state index in [1.165, 1.54) is 34.8 Å². The molecule has 1 aliphatic rings. The van der Waals surface area contributed by atoms with Gasteiger partial charge >= 0.3 is 0 Å². The highest BCUT2D eigenvalue weighted by Crippen LogP contribution is 2.42. The molecule has 4 aromatic rings. The van der Waals surface area contributed by atoms with Gasteiger partial charge < -0.3 is 14.5 Å². The van der Waals surface area contributed by atoms with Crippen molar-refractivity contribution in [1.82, 2.24) is 10.2 Å². The first kappa shape index (κ1) is 26.7. The molecular weight excluding hydrogens is 521 g/mol. The summed E-state index contributed by atoms with van der Waals surface area (Å²) < 4.78 is 52.3. The number of carbonyl (C=O) groups excluding carboxylic acids is 1. The molecule has 2 unspecified atom stereocenters. The Morgan fingerprint density at radius 1 is 1.05 bits per heavy atom. The topological polar surface area (TPSA) is 92.1 Å². The highest BCUT2D eigenvalue weighted by atomic mass is 32.2. The number of nitrogens with zero attached hydrogens (tertiary/aromatic N) is 2. The van der Waals surface area contributed by atoms with Crippen LogP contribution in [-0.4, -0.2) is 52.2 Å². The molecule has 0 spiro atoms. The summed E-state index contributed by atoms with van der Waals surface area (Å²) in [6, 6.07) is 16.2. The molecule has 3 aromatic carbocycles. The average molecular weight is 552 g/mol. The third-order valence-corrected chi connectivity index (χ3v) is 8.46. The van der Waals surface area contributed by atoms with Crippen LogP contribution in [0.25, 0.3) is 22.3 Å². The Morgan fingerprint density at radius 3 is 2.26 bits per heavy atom. The van der Waals surface area contributed by atoms with Crippen molar-refractivity contribution < 1.29 is 26.8 Å². The zero-order chi connectivity index (χ0) is 28.1. The van der Waals surface area contributed by atoms with Gasteiger partial charge in [0.25, 0.3) is 5.91 Å². The largest absolute Gasteiger partial charge is 0.457 e. The molecule has 204 valence electrons. The number of furan rings is 1. The predicted molar refractivity (Wildman–Crippen MR) is 149 cm³/mol. The van der Waals surface area contributed by atoms with E-state index in [-0.39, 0.29) is 23.8 Å². The first-order valence-electron chi connectivity index (χ1n) is 12.5. The van der Waals surface area contributed by atoms with Gasteiger partial charge in [-0.2, -0.15) is 0 Å². The van der Waals surface area contributed by atoms with Crippen LogP contribution in [-0.2, 0) is 10.0 Å². The normalized spacial score (nSPS) is 18.1. The molecule has 1 N–H and O–H groups in total. The molecule has 0 saturated carbocycles. The number of rotatable bonds is 5. The molecule has 0 saturated heterocycles. The average Bonchev–Trinajstić information content (AvgIpc) is 3.25. The van der Waals surface area contributed by atoms with Gasteiger partial charge in [-0.15, -0.1) is 0 Å². The fourth-order valence-corrected chi connectivity index (χ4v) is 5.95. The quantitative estimate of drug-likeness (QED) is 0.350. The maximum absolute atomic E-state index is 13.2. The van der Waals surface area contributed by atoms with E-state index in [1.54, 1.807) is 37.4 Å². The minimum Gasteiger partial charge on any atom is -0.457 e. The lowest BCUT2D eigenvalue weighted by Gasteiger charge is -2.28. The van der Waals surface area contributed by atoms with Gasteiger partial charge in [0.2, 0.25) is 10.0 Å². The summed E-state index contributed by atoms with van der Waals surface area (Å²) >= 11 is 0. The second-order valence-electron chi connectivity index (χ2n) is 9.86. The van der Waals surface area contributed by atoms with E-state index in [2.05, 4.69) is 10.2 Å². The maximum Gasteiger partial charge on any atom is 0.255 e. The number of benzene rings is 3. The van der Waals surface area contributed by atoms with Crippen molar-refractivity contribution in [2.24, 2.45) is 0 Å². The number of amides is 1. The number of carbonyl (C=O) groups is 1. The molecule has 10 heteroatoms. The van der Waals surface area contributed by atoms with Crippen LogP contribution in [0.5, 0.6) is 11.5 Å². The number of fused-ring (bicyclic) bond motifs is 2. The Hall–Kier alpha value is -3.89. The summed E-state index contributed by atoms with van der Waals surface area (Å²) in [5.41, 5.74) is 2.75. The molecule has 0 radical (unpaired) electrons. The van der Waals surface area contributed by atoms with Crippen LogP contribution in [0.2, 0.25) is 0 Å². The maximum atomic E-state index is 13.2. The minimum absolute atomic E-state index is 0.0296. The lowest BCUT2D eigenvalue weighted by molar-refractivity contribution is 0.0964. The van der Waals surface area contributed by atoms with Crippen LogP contribution in [0.1, 0.15) is 35.8 Å². The molecule has 1 aliphatic heterocycles. The smallest absolute Gasteiger partial charge is 0.255 e. The molecule has 0 aliphatic carbocycles. The summed E-state index contributed by atoms with van der Waals surface area (Å²) in [5, 5.41) is 3.30. The molecule has 2 heterocycles. The van der Waals surface area contributed by atoms with E-state index in [1.807, 2.05) is 27.0 Å². The molecule has 39 heavy (non-hydrogen) atoms. The number of sulfonamides is 1. The second kappa shape index (κ2) is 10.0. The molecule has 1 aromatic heterocycles. The Bertz CT molecular complexity index is 1650. The second-order valence-corrected chi connectivity index (χ2v) is 11.8. The van der Waals surface area contributed by atoms with Crippen LogP contribution in [0.4, 0.5) is 10.1 Å². The fourth-order valence-electron chi connectivity index (χ4n) is 4.95. The van der Waals surface area contributed by atoms with Crippen LogP contribution >= 0.6 is 0 Å². The number of anilines is 1. The monoisotopic (exact) mass is 551 g/mol. The fraction of sp³-hybridized carbons (Fsp3) is 0.276. The van der Waals surface area contributed by atoms with E-state index in [0.29, 0.717) is 51.6 Å². The minimum atomic E-state index is -3.57. The van der Waals surface area contributed by atoms with Gasteiger partial charge in [0.15, 0.2) is 0 Å². The third kappa shape index (κ3) is 4.97. The van der Waals surface area contributed by atoms with E-state index in [9.17, 15) is 17.6 Å². The lowest BCUT2D eigenvalue weighted by Crippen LogP contribution is -2.40. The summed E-state index contributed by atoms with van der Waals surface area (Å²) in [5.74, 6) is 0.710. The Balaban J connectivity index is 1.63. The van der Waals surface area contributed by atoms with Crippen molar-refractivity contribution in [3.05, 3.63) is 77.6 Å². The number of hydrogen-bond donors (Lipinski definition) is 1. The number of halogens is 1. The first-order chi connectivity index (χ1) is 18.5. The molecule has 5 rings (SSSR count). The molecule has 1 amide bonds. The zero-order valence-electron chi connectivity index (χ0n) is 22.4. The summed E-state index contributed by atoms with van der Waals surface area (Å²) in [7, 11) is -0.0530. The Kier molecular flexibility index (Phi) is 6.86. The van der Waals surface area contributed by atoms with Gasteiger partial charge in [-0.05, 0) is 81.1 Å². The SMILES string of the molecule is CNC(=O)c1c(-c2ccc(Oc3ccc(F)cc3)cc2)oc2cc3c(cc12)C(C)N(C)C(C)CN3S(C)(=O)=O. The standard InChI is InChI=1S/C29H30FN3O5S/c1-17-16-33(39(5,35)36)25-15-26-24(14-23(25)18(2)32(17)4)27(29(34)31-3)28(38-26)19-6-10-21(11-7-19)37-22-12-8-20(30)9-13-22/h6-15,17-18H,16H2,1-5H3,(H,31,34). The Labute approximate surface area is 227 Å². The van der Waals surface area contributed by atoms with Gasteiger partial charge in [0.1, 0.15) is 28.7 Å². The Morgan fingerprint density at radius 2 is 1.67 bits per heavy atom. The van der Waals surface area contributed by atoms with Crippen molar-refractivity contribution >= 4 is 32.6 Å². The number of likely N-dealkylation sites (N-methyl/N-ethyl adjacent to an activating group) is 1. The van der Waals surface area contributed by atoms with Crippen molar-refractivity contribution in [3.8, 4) is 22.8 Å². The van der Waals surface area contributed by atoms with Crippen molar-refractivity contribution in [1.29, 1.82) is 0 Å². The number of nitrogens with one attached hydrogen (secondary N) is 1. The molecule has 0 fully saturated rings. The van der Waals surface area contributed by atoms with Crippen LogP contribution in [0.15, 0.2) is 65.1 Å². The predicted octanol–water partition coefficient (Wildman–Crippen LogP) is 5.55. The van der Waals surface area contributed by atoms with Crippen molar-refractivity contribution in [2.75, 3.05) is 31.2 Å². The highest BCUT2D eigenvalue weighted by molar-refractivity contribution is 7.92. The van der Waals surface area contributed by atoms with E-state index in [4.69, 9.17) is 9.15 Å². The molecule has 2 atom stereocenters. The van der Waals surface area contributed by atoms with Gasteiger partial charge in [0, 0.05) is 42.7 Å². The molecule has 0 bridgehead atoms. The van der Waals surface area contributed by atoms with Gasteiger partial charge in [0.05, 0.1) is 17.5 Å². The van der Waals surface area contributed by atoms with Gasteiger partial charge in [-0.25, -0.2) is 12.8 Å². The van der Waals surface area contributed by atoms with E-state index in [0.717, 1.165) is 5.56 Å². The van der Waals surface area contributed by atoms with E-state index >= 15 is 0 Å². The van der Waals surface area contributed by atoms with Crippen molar-refractivity contribution in [3.63, 3.8) is 0 Å². The van der Waals surface area contributed by atoms with Crippen LogP contribution in [0, 0.1) is 5.82 Å². The van der Waals surface area contributed by atoms with Crippen LogP contribution in [0.3, 0.4) is 0 Å². The van der Waals surface area contributed by atoms with Gasteiger partial charge in [-0.1, -0.05) is 0 Å². The lowest BCUT2D eigenvalue weighted by atomic mass is 9.99. The zero-order valence-corrected chi connectivity index (χ0v) is 23.2.